The summed E-state index contributed by atoms with van der Waals surface area (Å²) in [6, 6.07) is 15.6. The molecular weight excluding hydrogens is 384 g/mol. The van der Waals surface area contributed by atoms with Gasteiger partial charge >= 0.3 is 0 Å². The first-order chi connectivity index (χ1) is 15.2. The minimum absolute atomic E-state index is 0.199. The van der Waals surface area contributed by atoms with Gasteiger partial charge in [0.1, 0.15) is 12.1 Å². The number of hydrogen-bond donors (Lipinski definition) is 1. The van der Waals surface area contributed by atoms with Gasteiger partial charge in [-0.1, -0.05) is 30.3 Å². The SMILES string of the molecule is Cc1cccc2cccc(N3CCCc4c(ncnc4N4CCN[C@@H](CC#N)C4)C3)c12. The fraction of sp³-hybridized carbons (Fsp3) is 0.400. The second-order valence-corrected chi connectivity index (χ2v) is 8.56. The van der Waals surface area contributed by atoms with Crippen molar-refractivity contribution in [1.29, 1.82) is 5.26 Å². The number of benzene rings is 2. The van der Waals surface area contributed by atoms with Crippen molar-refractivity contribution < 1.29 is 0 Å². The third-order valence-corrected chi connectivity index (χ3v) is 6.53. The van der Waals surface area contributed by atoms with Gasteiger partial charge in [-0.05, 0) is 36.8 Å². The average Bonchev–Trinajstić information content (AvgIpc) is 3.02. The first-order valence-corrected chi connectivity index (χ1v) is 11.2. The van der Waals surface area contributed by atoms with Gasteiger partial charge in [0.2, 0.25) is 0 Å². The highest BCUT2D eigenvalue weighted by molar-refractivity contribution is 5.96. The Morgan fingerprint density at radius 1 is 1.13 bits per heavy atom. The third kappa shape index (κ3) is 3.82. The first-order valence-electron chi connectivity index (χ1n) is 11.2. The molecule has 1 fully saturated rings. The van der Waals surface area contributed by atoms with E-state index in [9.17, 15) is 0 Å². The predicted octanol–water partition coefficient (Wildman–Crippen LogP) is 3.58. The van der Waals surface area contributed by atoms with Crippen LogP contribution in [0.25, 0.3) is 10.8 Å². The van der Waals surface area contributed by atoms with Crippen molar-refractivity contribution in [3.05, 3.63) is 59.5 Å². The van der Waals surface area contributed by atoms with Gasteiger partial charge in [0.15, 0.2) is 0 Å². The molecule has 1 N–H and O–H groups in total. The maximum atomic E-state index is 9.10. The lowest BCUT2D eigenvalue weighted by atomic mass is 10.0. The number of aromatic nitrogens is 2. The Morgan fingerprint density at radius 3 is 2.87 bits per heavy atom. The van der Waals surface area contributed by atoms with Crippen LogP contribution >= 0.6 is 0 Å². The molecule has 3 heterocycles. The average molecular weight is 413 g/mol. The minimum Gasteiger partial charge on any atom is -0.365 e. The van der Waals surface area contributed by atoms with Crippen LogP contribution in [0.15, 0.2) is 42.7 Å². The standard InChI is InChI=1S/C25H28N6/c1-18-5-2-6-19-7-3-9-23(24(18)19)30-13-4-8-21-22(16-30)28-17-29-25(21)31-14-12-27-20(15-31)10-11-26/h2-3,5-7,9,17,20,27H,4,8,10,12-16H2,1H3/t20-/m0/s1. The molecule has 158 valence electrons. The molecule has 2 aliphatic heterocycles. The van der Waals surface area contributed by atoms with Crippen LogP contribution in [0.3, 0.4) is 0 Å². The van der Waals surface area contributed by atoms with E-state index in [-0.39, 0.29) is 6.04 Å². The normalized spacial score (nSPS) is 19.0. The fourth-order valence-electron chi connectivity index (χ4n) is 5.05. The molecule has 0 radical (unpaired) electrons. The van der Waals surface area contributed by atoms with Crippen LogP contribution in [0.5, 0.6) is 0 Å². The minimum atomic E-state index is 0.199. The number of piperazine rings is 1. The number of hydrogen-bond acceptors (Lipinski definition) is 6. The van der Waals surface area contributed by atoms with Crippen LogP contribution in [-0.4, -0.2) is 42.2 Å². The van der Waals surface area contributed by atoms with Crippen molar-refractivity contribution in [3.63, 3.8) is 0 Å². The number of aryl methyl sites for hydroxylation is 1. The summed E-state index contributed by atoms with van der Waals surface area (Å²) in [7, 11) is 0. The maximum absolute atomic E-state index is 9.10. The van der Waals surface area contributed by atoms with Gasteiger partial charge in [0.05, 0.1) is 24.7 Å². The molecule has 0 spiro atoms. The topological polar surface area (TPSA) is 68.1 Å². The highest BCUT2D eigenvalue weighted by Gasteiger charge is 2.26. The van der Waals surface area contributed by atoms with E-state index in [0.29, 0.717) is 6.42 Å². The second-order valence-electron chi connectivity index (χ2n) is 8.56. The zero-order chi connectivity index (χ0) is 21.2. The molecule has 6 heteroatoms. The molecule has 0 bridgehead atoms. The van der Waals surface area contributed by atoms with Gasteiger partial charge < -0.3 is 15.1 Å². The molecule has 0 unspecified atom stereocenters. The van der Waals surface area contributed by atoms with Crippen LogP contribution in [0, 0.1) is 18.3 Å². The zero-order valence-corrected chi connectivity index (χ0v) is 18.0. The highest BCUT2D eigenvalue weighted by Crippen LogP contribution is 2.33. The summed E-state index contributed by atoms with van der Waals surface area (Å²) in [5, 5.41) is 15.2. The molecule has 0 amide bonds. The molecule has 1 aromatic heterocycles. The molecule has 6 nitrogen and oxygen atoms in total. The Kier molecular flexibility index (Phi) is 5.44. The van der Waals surface area contributed by atoms with Crippen LogP contribution in [-0.2, 0) is 13.0 Å². The number of fused-ring (bicyclic) bond motifs is 2. The lowest BCUT2D eigenvalue weighted by Gasteiger charge is -2.34. The second kappa shape index (κ2) is 8.52. The monoisotopic (exact) mass is 412 g/mol. The molecule has 31 heavy (non-hydrogen) atoms. The Labute approximate surface area is 183 Å². The van der Waals surface area contributed by atoms with E-state index in [1.165, 1.54) is 27.6 Å². The molecule has 1 atom stereocenters. The number of rotatable bonds is 3. The summed E-state index contributed by atoms with van der Waals surface area (Å²) in [6.07, 6.45) is 4.30. The largest absolute Gasteiger partial charge is 0.365 e. The molecule has 1 saturated heterocycles. The molecule has 0 aliphatic carbocycles. The van der Waals surface area contributed by atoms with E-state index in [2.05, 4.69) is 64.5 Å². The summed E-state index contributed by atoms with van der Waals surface area (Å²) in [5.41, 5.74) is 5.01. The van der Waals surface area contributed by atoms with Crippen molar-refractivity contribution in [2.45, 2.75) is 38.8 Å². The van der Waals surface area contributed by atoms with Crippen molar-refractivity contribution in [1.82, 2.24) is 15.3 Å². The van der Waals surface area contributed by atoms with Crippen molar-refractivity contribution in [2.75, 3.05) is 36.0 Å². The van der Waals surface area contributed by atoms with E-state index in [0.717, 1.165) is 57.1 Å². The number of nitriles is 1. The van der Waals surface area contributed by atoms with Crippen molar-refractivity contribution in [3.8, 4) is 6.07 Å². The number of nitrogens with one attached hydrogen (secondary N) is 1. The number of nitrogens with zero attached hydrogens (tertiary/aromatic N) is 5. The molecule has 5 rings (SSSR count). The number of anilines is 2. The molecule has 2 aromatic carbocycles. The van der Waals surface area contributed by atoms with Crippen LogP contribution in [0.2, 0.25) is 0 Å². The van der Waals surface area contributed by atoms with Crippen LogP contribution in [0.4, 0.5) is 11.5 Å². The fourth-order valence-corrected chi connectivity index (χ4v) is 5.05. The summed E-state index contributed by atoms with van der Waals surface area (Å²) >= 11 is 0. The van der Waals surface area contributed by atoms with E-state index in [4.69, 9.17) is 15.2 Å². The zero-order valence-electron chi connectivity index (χ0n) is 18.0. The first kappa shape index (κ1) is 19.8. The van der Waals surface area contributed by atoms with Gasteiger partial charge in [0.25, 0.3) is 0 Å². The maximum Gasteiger partial charge on any atom is 0.135 e. The van der Waals surface area contributed by atoms with Gasteiger partial charge in [-0.2, -0.15) is 5.26 Å². The molecule has 0 saturated carbocycles. The Hall–Kier alpha value is -3.17. The van der Waals surface area contributed by atoms with E-state index < -0.39 is 0 Å². The molecular formula is C25H28N6. The lowest BCUT2D eigenvalue weighted by Crippen LogP contribution is -2.51. The van der Waals surface area contributed by atoms with E-state index in [1.807, 2.05) is 0 Å². The Balaban J connectivity index is 1.48. The van der Waals surface area contributed by atoms with Crippen molar-refractivity contribution >= 4 is 22.3 Å². The molecule has 2 aliphatic rings. The summed E-state index contributed by atoms with van der Waals surface area (Å²) in [5.74, 6) is 1.06. The van der Waals surface area contributed by atoms with Crippen LogP contribution < -0.4 is 15.1 Å². The Bertz CT molecular complexity index is 1130. The smallest absolute Gasteiger partial charge is 0.135 e. The Morgan fingerprint density at radius 2 is 2.00 bits per heavy atom. The predicted molar refractivity (Wildman–Crippen MR) is 124 cm³/mol. The van der Waals surface area contributed by atoms with Gasteiger partial charge in [-0.3, -0.25) is 0 Å². The molecule has 3 aromatic rings. The van der Waals surface area contributed by atoms with Crippen LogP contribution in [0.1, 0.15) is 29.7 Å². The quantitative estimate of drug-likeness (QED) is 0.709. The summed E-state index contributed by atoms with van der Waals surface area (Å²) in [6.45, 7) is 6.61. The lowest BCUT2D eigenvalue weighted by molar-refractivity contribution is 0.459. The van der Waals surface area contributed by atoms with Gasteiger partial charge in [-0.25, -0.2) is 9.97 Å². The summed E-state index contributed by atoms with van der Waals surface area (Å²) < 4.78 is 0. The third-order valence-electron chi connectivity index (χ3n) is 6.53. The van der Waals surface area contributed by atoms with E-state index >= 15 is 0 Å². The summed E-state index contributed by atoms with van der Waals surface area (Å²) in [4.78, 5) is 14.2. The van der Waals surface area contributed by atoms with E-state index in [1.54, 1.807) is 6.33 Å². The van der Waals surface area contributed by atoms with Gasteiger partial charge in [0, 0.05) is 48.9 Å². The van der Waals surface area contributed by atoms with Crippen molar-refractivity contribution in [2.24, 2.45) is 0 Å². The highest BCUT2D eigenvalue weighted by atomic mass is 15.3. The van der Waals surface area contributed by atoms with Gasteiger partial charge in [-0.15, -0.1) is 0 Å².